The van der Waals surface area contributed by atoms with Crippen LogP contribution in [0.5, 0.6) is 0 Å². The lowest BCUT2D eigenvalue weighted by atomic mass is 9.92. The van der Waals surface area contributed by atoms with E-state index in [9.17, 15) is 19.5 Å². The van der Waals surface area contributed by atoms with Gasteiger partial charge in [-0.05, 0) is 43.0 Å². The Balaban J connectivity index is 2.02. The van der Waals surface area contributed by atoms with E-state index in [1.165, 1.54) is 6.92 Å². The number of hydrogen-bond donors (Lipinski definition) is 2. The first kappa shape index (κ1) is 23.9. The first-order valence-corrected chi connectivity index (χ1v) is 10.3. The van der Waals surface area contributed by atoms with Gasteiger partial charge in [0.1, 0.15) is 5.54 Å². The molecule has 0 radical (unpaired) electrons. The first-order chi connectivity index (χ1) is 14.7. The second-order valence-electron chi connectivity index (χ2n) is 7.96. The standard InChI is InChI=1S/C25H30N2O4/c1-25(24(30)31,18-20-12-7-4-8-13-20)26-23(29)21-15-10-14-19(17-21)11-6-5-9-16-22(28)27(2)3/h4,6-8,10-15,17H,5,9,16,18H2,1-3H3,(H,26,29)(H,30,31)/t25-/m1/s1. The van der Waals surface area contributed by atoms with Crippen molar-refractivity contribution in [1.82, 2.24) is 10.2 Å². The molecule has 0 heterocycles. The molecule has 0 unspecified atom stereocenters. The fraction of sp³-hybridized carbons (Fsp3) is 0.320. The zero-order valence-corrected chi connectivity index (χ0v) is 18.3. The highest BCUT2D eigenvalue weighted by Crippen LogP contribution is 2.16. The van der Waals surface area contributed by atoms with Gasteiger partial charge in [-0.3, -0.25) is 9.59 Å². The number of amides is 2. The van der Waals surface area contributed by atoms with Crippen LogP contribution >= 0.6 is 0 Å². The molecule has 0 aliphatic rings. The predicted molar refractivity (Wildman–Crippen MR) is 122 cm³/mol. The number of aliphatic carboxylic acids is 1. The molecule has 6 heteroatoms. The maximum Gasteiger partial charge on any atom is 0.329 e. The van der Waals surface area contributed by atoms with E-state index >= 15 is 0 Å². The van der Waals surface area contributed by atoms with Crippen molar-refractivity contribution in [2.45, 2.75) is 38.1 Å². The van der Waals surface area contributed by atoms with Gasteiger partial charge in [-0.1, -0.05) is 54.6 Å². The molecule has 164 valence electrons. The summed E-state index contributed by atoms with van der Waals surface area (Å²) >= 11 is 0. The normalized spacial score (nSPS) is 12.9. The number of rotatable bonds is 10. The van der Waals surface area contributed by atoms with Gasteiger partial charge in [0.05, 0.1) is 0 Å². The van der Waals surface area contributed by atoms with Crippen LogP contribution in [-0.4, -0.2) is 47.4 Å². The summed E-state index contributed by atoms with van der Waals surface area (Å²) < 4.78 is 0. The second-order valence-corrected chi connectivity index (χ2v) is 7.96. The molecule has 2 N–H and O–H groups in total. The topological polar surface area (TPSA) is 86.7 Å². The fourth-order valence-corrected chi connectivity index (χ4v) is 3.10. The average molecular weight is 423 g/mol. The van der Waals surface area contributed by atoms with E-state index in [-0.39, 0.29) is 12.3 Å². The van der Waals surface area contributed by atoms with Crippen LogP contribution < -0.4 is 5.32 Å². The molecule has 6 nitrogen and oxygen atoms in total. The van der Waals surface area contributed by atoms with E-state index in [4.69, 9.17) is 0 Å². The van der Waals surface area contributed by atoms with Crippen LogP contribution in [0.25, 0.3) is 6.08 Å². The van der Waals surface area contributed by atoms with Gasteiger partial charge in [-0.15, -0.1) is 0 Å². The number of nitrogens with zero attached hydrogens (tertiary/aromatic N) is 1. The number of carbonyl (C=O) groups excluding carboxylic acids is 2. The monoisotopic (exact) mass is 422 g/mol. The van der Waals surface area contributed by atoms with Gasteiger partial charge in [0.2, 0.25) is 5.91 Å². The summed E-state index contributed by atoms with van der Waals surface area (Å²) in [5.41, 5.74) is 0.637. The molecule has 0 bridgehead atoms. The third-order valence-corrected chi connectivity index (χ3v) is 4.98. The molecule has 2 aromatic carbocycles. The quantitative estimate of drug-likeness (QED) is 0.571. The van der Waals surface area contributed by atoms with Crippen molar-refractivity contribution in [3.63, 3.8) is 0 Å². The molecule has 0 spiro atoms. The van der Waals surface area contributed by atoms with Gasteiger partial charge in [-0.25, -0.2) is 4.79 Å². The third-order valence-electron chi connectivity index (χ3n) is 4.98. The van der Waals surface area contributed by atoms with Gasteiger partial charge in [0, 0.05) is 32.5 Å². The Bertz CT molecular complexity index is 938. The van der Waals surface area contributed by atoms with Crippen LogP contribution in [0, 0.1) is 0 Å². The Kier molecular flexibility index (Phi) is 8.55. The zero-order valence-electron chi connectivity index (χ0n) is 18.3. The third kappa shape index (κ3) is 7.41. The summed E-state index contributed by atoms with van der Waals surface area (Å²) in [5, 5.41) is 12.4. The predicted octanol–water partition coefficient (Wildman–Crippen LogP) is 3.77. The molecular formula is C25H30N2O4. The molecule has 0 aliphatic carbocycles. The molecule has 0 saturated heterocycles. The number of carbonyl (C=O) groups is 3. The van der Waals surface area contributed by atoms with E-state index < -0.39 is 17.4 Å². The molecule has 1 atom stereocenters. The minimum absolute atomic E-state index is 0.101. The lowest BCUT2D eigenvalue weighted by molar-refractivity contribution is -0.143. The molecule has 2 amide bonds. The highest BCUT2D eigenvalue weighted by Gasteiger charge is 2.35. The summed E-state index contributed by atoms with van der Waals surface area (Å²) in [6.45, 7) is 1.51. The van der Waals surface area contributed by atoms with Crippen molar-refractivity contribution in [3.05, 3.63) is 77.4 Å². The van der Waals surface area contributed by atoms with Crippen LogP contribution in [-0.2, 0) is 16.0 Å². The Hall–Kier alpha value is -3.41. The Morgan fingerprint density at radius 2 is 1.77 bits per heavy atom. The Morgan fingerprint density at radius 1 is 1.06 bits per heavy atom. The summed E-state index contributed by atoms with van der Waals surface area (Å²) in [5.74, 6) is -1.43. The van der Waals surface area contributed by atoms with Gasteiger partial charge >= 0.3 is 5.97 Å². The van der Waals surface area contributed by atoms with Crippen LogP contribution in [0.1, 0.15) is 47.7 Å². The van der Waals surface area contributed by atoms with E-state index in [0.717, 1.165) is 24.0 Å². The molecule has 0 saturated carbocycles. The summed E-state index contributed by atoms with van der Waals surface area (Å²) in [6.07, 6.45) is 6.05. The maximum absolute atomic E-state index is 12.8. The van der Waals surface area contributed by atoms with Crippen molar-refractivity contribution in [1.29, 1.82) is 0 Å². The van der Waals surface area contributed by atoms with E-state index in [0.29, 0.717) is 12.0 Å². The van der Waals surface area contributed by atoms with Gasteiger partial charge in [-0.2, -0.15) is 0 Å². The van der Waals surface area contributed by atoms with Crippen LogP contribution in [0.15, 0.2) is 60.7 Å². The van der Waals surface area contributed by atoms with Gasteiger partial charge < -0.3 is 15.3 Å². The van der Waals surface area contributed by atoms with E-state index in [1.54, 1.807) is 37.2 Å². The van der Waals surface area contributed by atoms with Crippen molar-refractivity contribution in [2.75, 3.05) is 14.1 Å². The minimum Gasteiger partial charge on any atom is -0.480 e. The Morgan fingerprint density at radius 3 is 2.42 bits per heavy atom. The van der Waals surface area contributed by atoms with Crippen molar-refractivity contribution in [2.24, 2.45) is 0 Å². The van der Waals surface area contributed by atoms with Gasteiger partial charge in [0.25, 0.3) is 5.91 Å². The number of allylic oxidation sites excluding steroid dienone is 1. The molecule has 31 heavy (non-hydrogen) atoms. The maximum atomic E-state index is 12.8. The molecule has 0 fully saturated rings. The highest BCUT2D eigenvalue weighted by atomic mass is 16.4. The lowest BCUT2D eigenvalue weighted by Gasteiger charge is -2.26. The summed E-state index contributed by atoms with van der Waals surface area (Å²) in [4.78, 5) is 37.8. The molecular weight excluding hydrogens is 392 g/mol. The fourth-order valence-electron chi connectivity index (χ4n) is 3.10. The summed E-state index contributed by atoms with van der Waals surface area (Å²) in [6, 6.07) is 16.2. The average Bonchev–Trinajstić information content (AvgIpc) is 2.74. The number of hydrogen-bond acceptors (Lipinski definition) is 3. The number of carboxylic acid groups (broad SMARTS) is 1. The number of nitrogens with one attached hydrogen (secondary N) is 1. The molecule has 0 aromatic heterocycles. The van der Waals surface area contributed by atoms with Crippen molar-refractivity contribution < 1.29 is 19.5 Å². The number of unbranched alkanes of at least 4 members (excludes halogenated alkanes) is 1. The Labute approximate surface area is 183 Å². The van der Waals surface area contributed by atoms with E-state index in [2.05, 4.69) is 5.32 Å². The smallest absolute Gasteiger partial charge is 0.329 e. The number of benzene rings is 2. The van der Waals surface area contributed by atoms with Gasteiger partial charge in [0.15, 0.2) is 0 Å². The van der Waals surface area contributed by atoms with Crippen LogP contribution in [0.3, 0.4) is 0 Å². The number of carboxylic acids is 1. The molecule has 0 aliphatic heterocycles. The van der Waals surface area contributed by atoms with E-state index in [1.807, 2.05) is 48.6 Å². The van der Waals surface area contributed by atoms with Crippen molar-refractivity contribution >= 4 is 23.9 Å². The van der Waals surface area contributed by atoms with Crippen LogP contribution in [0.4, 0.5) is 0 Å². The van der Waals surface area contributed by atoms with Crippen LogP contribution in [0.2, 0.25) is 0 Å². The SMILES string of the molecule is CN(C)C(=O)CCCC=Cc1cccc(C(=O)N[C@](C)(Cc2ccccc2)C(=O)O)c1. The molecule has 2 rings (SSSR count). The molecule has 2 aromatic rings. The second kappa shape index (κ2) is 11.1. The summed E-state index contributed by atoms with van der Waals surface area (Å²) in [7, 11) is 3.48. The minimum atomic E-state index is -1.43. The van der Waals surface area contributed by atoms with Crippen molar-refractivity contribution in [3.8, 4) is 0 Å². The zero-order chi connectivity index (χ0) is 22.9. The highest BCUT2D eigenvalue weighted by molar-refractivity contribution is 5.98. The first-order valence-electron chi connectivity index (χ1n) is 10.3. The lowest BCUT2D eigenvalue weighted by Crippen LogP contribution is -2.53. The largest absolute Gasteiger partial charge is 0.480 e.